The molecule has 0 saturated carbocycles. The molecule has 0 spiro atoms. The number of pyridine rings is 1. The minimum absolute atomic E-state index is 0.657. The number of nitrogens with zero attached hydrogens (tertiary/aromatic N) is 5. The van der Waals surface area contributed by atoms with Crippen LogP contribution in [0.15, 0.2) is 22.9 Å². The Balaban J connectivity index is 1.57. The molecule has 22 heavy (non-hydrogen) atoms. The third kappa shape index (κ3) is 2.70. The summed E-state index contributed by atoms with van der Waals surface area (Å²) >= 11 is 0. The molecule has 0 radical (unpaired) electrons. The molecule has 0 unspecified atom stereocenters. The molecule has 116 valence electrons. The van der Waals surface area contributed by atoms with Crippen LogP contribution in [-0.4, -0.2) is 46.2 Å². The van der Waals surface area contributed by atoms with Crippen molar-refractivity contribution >= 4 is 5.82 Å². The number of hydrogen-bond acceptors (Lipinski definition) is 6. The van der Waals surface area contributed by atoms with Crippen LogP contribution in [0, 0.1) is 0 Å². The van der Waals surface area contributed by atoms with E-state index in [9.17, 15) is 0 Å². The SMILES string of the molecule is c1cnc(N2CCCC2)c(-c2noc(CN3CCCC3)n2)c1. The van der Waals surface area contributed by atoms with Crippen molar-refractivity contribution in [2.75, 3.05) is 31.1 Å². The maximum absolute atomic E-state index is 5.45. The zero-order valence-corrected chi connectivity index (χ0v) is 12.7. The van der Waals surface area contributed by atoms with Gasteiger partial charge in [-0.15, -0.1) is 0 Å². The van der Waals surface area contributed by atoms with Crippen molar-refractivity contribution < 1.29 is 4.52 Å². The molecule has 2 fully saturated rings. The number of anilines is 1. The molecule has 0 aromatic carbocycles. The summed E-state index contributed by atoms with van der Waals surface area (Å²) in [7, 11) is 0. The summed E-state index contributed by atoms with van der Waals surface area (Å²) in [5.41, 5.74) is 0.973. The van der Waals surface area contributed by atoms with E-state index in [2.05, 4.69) is 24.9 Å². The zero-order chi connectivity index (χ0) is 14.8. The Kier molecular flexibility index (Phi) is 3.76. The molecule has 2 saturated heterocycles. The first kappa shape index (κ1) is 13.7. The topological polar surface area (TPSA) is 58.3 Å². The van der Waals surface area contributed by atoms with Crippen LogP contribution in [0.1, 0.15) is 31.6 Å². The van der Waals surface area contributed by atoms with E-state index in [4.69, 9.17) is 4.52 Å². The smallest absolute Gasteiger partial charge is 0.241 e. The van der Waals surface area contributed by atoms with Gasteiger partial charge in [0.25, 0.3) is 0 Å². The van der Waals surface area contributed by atoms with Gasteiger partial charge in [0.15, 0.2) is 0 Å². The van der Waals surface area contributed by atoms with Gasteiger partial charge >= 0.3 is 0 Å². The van der Waals surface area contributed by atoms with Gasteiger partial charge in [0, 0.05) is 19.3 Å². The van der Waals surface area contributed by atoms with Crippen LogP contribution in [0.4, 0.5) is 5.82 Å². The molecule has 2 aliphatic rings. The van der Waals surface area contributed by atoms with E-state index in [-0.39, 0.29) is 0 Å². The highest BCUT2D eigenvalue weighted by molar-refractivity contribution is 5.70. The quantitative estimate of drug-likeness (QED) is 0.863. The van der Waals surface area contributed by atoms with E-state index in [1.54, 1.807) is 0 Å². The molecule has 0 N–H and O–H groups in total. The van der Waals surface area contributed by atoms with Crippen LogP contribution < -0.4 is 4.90 Å². The van der Waals surface area contributed by atoms with Gasteiger partial charge in [-0.05, 0) is 50.9 Å². The fraction of sp³-hybridized carbons (Fsp3) is 0.562. The summed E-state index contributed by atoms with van der Waals surface area (Å²) in [4.78, 5) is 13.8. The number of likely N-dealkylation sites (tertiary alicyclic amines) is 1. The molecular weight excluding hydrogens is 278 g/mol. The lowest BCUT2D eigenvalue weighted by Gasteiger charge is -2.18. The zero-order valence-electron chi connectivity index (χ0n) is 12.7. The third-order valence-corrected chi connectivity index (χ3v) is 4.46. The molecule has 0 bridgehead atoms. The minimum Gasteiger partial charge on any atom is -0.356 e. The first-order valence-corrected chi connectivity index (χ1v) is 8.15. The van der Waals surface area contributed by atoms with E-state index in [1.807, 2.05) is 18.3 Å². The summed E-state index contributed by atoms with van der Waals surface area (Å²) < 4.78 is 5.45. The van der Waals surface area contributed by atoms with E-state index in [0.29, 0.717) is 11.7 Å². The van der Waals surface area contributed by atoms with E-state index >= 15 is 0 Å². The van der Waals surface area contributed by atoms with Crippen LogP contribution in [0.2, 0.25) is 0 Å². The van der Waals surface area contributed by atoms with E-state index in [1.165, 1.54) is 25.7 Å². The predicted molar refractivity (Wildman–Crippen MR) is 83.5 cm³/mol. The lowest BCUT2D eigenvalue weighted by atomic mass is 10.2. The Hall–Kier alpha value is -1.95. The predicted octanol–water partition coefficient (Wildman–Crippen LogP) is 2.33. The van der Waals surface area contributed by atoms with Crippen LogP contribution in [0.3, 0.4) is 0 Å². The van der Waals surface area contributed by atoms with Crippen LogP contribution in [0.5, 0.6) is 0 Å². The van der Waals surface area contributed by atoms with Crippen LogP contribution >= 0.6 is 0 Å². The second-order valence-electron chi connectivity index (χ2n) is 6.06. The lowest BCUT2D eigenvalue weighted by molar-refractivity contribution is 0.268. The van der Waals surface area contributed by atoms with Gasteiger partial charge in [0.05, 0.1) is 12.1 Å². The number of hydrogen-bond donors (Lipinski definition) is 0. The Morgan fingerprint density at radius 2 is 1.82 bits per heavy atom. The van der Waals surface area contributed by atoms with Gasteiger partial charge in [-0.25, -0.2) is 4.98 Å². The molecule has 4 heterocycles. The summed E-state index contributed by atoms with van der Waals surface area (Å²) in [6.07, 6.45) is 6.82. The number of rotatable bonds is 4. The molecule has 2 aliphatic heterocycles. The van der Waals surface area contributed by atoms with Gasteiger partial charge in [0.2, 0.25) is 11.7 Å². The molecule has 0 aliphatic carbocycles. The Labute approximate surface area is 130 Å². The Morgan fingerprint density at radius 1 is 1.05 bits per heavy atom. The van der Waals surface area contributed by atoms with E-state index in [0.717, 1.165) is 44.1 Å². The van der Waals surface area contributed by atoms with Gasteiger partial charge in [-0.2, -0.15) is 4.98 Å². The molecule has 4 rings (SSSR count). The first-order valence-electron chi connectivity index (χ1n) is 8.15. The van der Waals surface area contributed by atoms with E-state index < -0.39 is 0 Å². The van der Waals surface area contributed by atoms with Crippen molar-refractivity contribution in [3.63, 3.8) is 0 Å². The first-order chi connectivity index (χ1) is 10.9. The van der Waals surface area contributed by atoms with Gasteiger partial charge < -0.3 is 9.42 Å². The lowest BCUT2D eigenvalue weighted by Crippen LogP contribution is -2.20. The maximum atomic E-state index is 5.45. The highest BCUT2D eigenvalue weighted by Gasteiger charge is 2.21. The normalized spacial score (nSPS) is 19.2. The van der Waals surface area contributed by atoms with Gasteiger partial charge in [0.1, 0.15) is 5.82 Å². The highest BCUT2D eigenvalue weighted by Crippen LogP contribution is 2.29. The van der Waals surface area contributed by atoms with Crippen molar-refractivity contribution in [1.82, 2.24) is 20.0 Å². The molecule has 0 atom stereocenters. The average Bonchev–Trinajstić information content (AvgIpc) is 3.31. The van der Waals surface area contributed by atoms with Crippen molar-refractivity contribution in [1.29, 1.82) is 0 Å². The minimum atomic E-state index is 0.657. The van der Waals surface area contributed by atoms with Crippen molar-refractivity contribution in [3.05, 3.63) is 24.2 Å². The Bertz CT molecular complexity index is 629. The molecule has 6 nitrogen and oxygen atoms in total. The molecule has 2 aromatic rings. The third-order valence-electron chi connectivity index (χ3n) is 4.46. The molecule has 0 amide bonds. The fourth-order valence-electron chi connectivity index (χ4n) is 3.31. The largest absolute Gasteiger partial charge is 0.356 e. The Morgan fingerprint density at radius 3 is 2.64 bits per heavy atom. The fourth-order valence-corrected chi connectivity index (χ4v) is 3.31. The standard InChI is InChI=1S/C16H21N5O/c1-2-9-20(8-1)12-14-18-15(19-22-14)13-6-5-7-17-16(13)21-10-3-4-11-21/h5-7H,1-4,8-12H2. The molecular formula is C16H21N5O. The van der Waals surface area contributed by atoms with Gasteiger partial charge in [-0.3, -0.25) is 4.90 Å². The van der Waals surface area contributed by atoms with Crippen molar-refractivity contribution in [3.8, 4) is 11.4 Å². The maximum Gasteiger partial charge on any atom is 0.241 e. The van der Waals surface area contributed by atoms with Gasteiger partial charge in [-0.1, -0.05) is 5.16 Å². The monoisotopic (exact) mass is 299 g/mol. The number of aromatic nitrogens is 3. The molecule has 6 heteroatoms. The van der Waals surface area contributed by atoms with Crippen molar-refractivity contribution in [2.24, 2.45) is 0 Å². The van der Waals surface area contributed by atoms with Crippen LogP contribution in [-0.2, 0) is 6.54 Å². The second kappa shape index (κ2) is 6.04. The summed E-state index contributed by atoms with van der Waals surface area (Å²) in [6.45, 7) is 5.13. The second-order valence-corrected chi connectivity index (χ2v) is 6.06. The molecule has 2 aromatic heterocycles. The van der Waals surface area contributed by atoms with Crippen molar-refractivity contribution in [2.45, 2.75) is 32.2 Å². The van der Waals surface area contributed by atoms with Crippen LogP contribution in [0.25, 0.3) is 11.4 Å². The highest BCUT2D eigenvalue weighted by atomic mass is 16.5. The summed E-state index contributed by atoms with van der Waals surface area (Å²) in [5.74, 6) is 2.34. The average molecular weight is 299 g/mol. The summed E-state index contributed by atoms with van der Waals surface area (Å²) in [5, 5.41) is 4.18. The summed E-state index contributed by atoms with van der Waals surface area (Å²) in [6, 6.07) is 3.97.